The average Bonchev–Trinajstić information content (AvgIpc) is 2.71. The minimum atomic E-state index is -3.11. The van der Waals surface area contributed by atoms with Crippen molar-refractivity contribution in [3.05, 3.63) is 52.1 Å². The first-order valence-electron chi connectivity index (χ1n) is 8.18. The summed E-state index contributed by atoms with van der Waals surface area (Å²) in [6.45, 7) is -3.95. The number of methoxy groups -OCH3 is 2. The van der Waals surface area contributed by atoms with E-state index in [1.807, 2.05) is 0 Å². The second kappa shape index (κ2) is 10.0. The lowest BCUT2D eigenvalue weighted by atomic mass is 10.1. The molecule has 0 aromatic heterocycles. The molecular weight excluding hydrogens is 410 g/mol. The van der Waals surface area contributed by atoms with Gasteiger partial charge in [-0.2, -0.15) is 8.78 Å². The lowest BCUT2D eigenvalue weighted by molar-refractivity contribution is -0.385. The number of nitro groups is 1. The highest BCUT2D eigenvalue weighted by atomic mass is 19.3. The quantitative estimate of drug-likeness (QED) is 0.368. The Kier molecular flexibility index (Phi) is 7.44. The van der Waals surface area contributed by atoms with Crippen LogP contribution in [-0.4, -0.2) is 44.2 Å². The van der Waals surface area contributed by atoms with Gasteiger partial charge in [0.05, 0.1) is 30.9 Å². The summed E-state index contributed by atoms with van der Waals surface area (Å²) >= 11 is 0. The standard InChI is InChI=1S/C18H16F2N2O8/c1-27-14-7-10(12(22(25)26)8-15(14)28-2)17(24)29-9-16(23)21-11-5-3-4-6-13(11)30-18(19)20/h3-8,18H,9H2,1-2H3,(H,21,23). The van der Waals surface area contributed by atoms with Gasteiger partial charge in [-0.25, -0.2) is 4.79 Å². The maximum atomic E-state index is 12.4. The Morgan fingerprint density at radius 3 is 2.33 bits per heavy atom. The van der Waals surface area contributed by atoms with E-state index in [4.69, 9.17) is 14.2 Å². The maximum Gasteiger partial charge on any atom is 0.387 e. The molecule has 0 radical (unpaired) electrons. The number of rotatable bonds is 9. The third-order valence-electron chi connectivity index (χ3n) is 3.63. The molecule has 1 amide bonds. The smallest absolute Gasteiger partial charge is 0.387 e. The van der Waals surface area contributed by atoms with E-state index >= 15 is 0 Å². The van der Waals surface area contributed by atoms with Crippen molar-refractivity contribution in [1.82, 2.24) is 0 Å². The predicted molar refractivity (Wildman–Crippen MR) is 98.2 cm³/mol. The lowest BCUT2D eigenvalue weighted by Gasteiger charge is -2.12. The fourth-order valence-corrected chi connectivity index (χ4v) is 2.35. The number of nitrogens with one attached hydrogen (secondary N) is 1. The van der Waals surface area contributed by atoms with Gasteiger partial charge in [-0.05, 0) is 12.1 Å². The maximum absolute atomic E-state index is 12.4. The second-order valence-electron chi connectivity index (χ2n) is 5.48. The van der Waals surface area contributed by atoms with Gasteiger partial charge in [0.1, 0.15) is 11.3 Å². The van der Waals surface area contributed by atoms with E-state index in [0.717, 1.165) is 12.1 Å². The van der Waals surface area contributed by atoms with E-state index in [2.05, 4.69) is 10.1 Å². The van der Waals surface area contributed by atoms with E-state index < -0.39 is 41.3 Å². The first kappa shape index (κ1) is 22.3. The number of benzene rings is 2. The summed E-state index contributed by atoms with van der Waals surface area (Å²) in [5.41, 5.74) is -1.16. The van der Waals surface area contributed by atoms with Crippen molar-refractivity contribution in [2.45, 2.75) is 6.61 Å². The Hall–Kier alpha value is -3.96. The van der Waals surface area contributed by atoms with E-state index in [9.17, 15) is 28.5 Å². The van der Waals surface area contributed by atoms with E-state index in [-0.39, 0.29) is 22.9 Å². The van der Waals surface area contributed by atoms with Crippen molar-refractivity contribution < 1.29 is 42.2 Å². The Balaban J connectivity index is 2.12. The second-order valence-corrected chi connectivity index (χ2v) is 5.48. The number of para-hydroxylation sites is 2. The van der Waals surface area contributed by atoms with E-state index in [1.165, 1.54) is 38.5 Å². The van der Waals surface area contributed by atoms with Gasteiger partial charge in [-0.3, -0.25) is 14.9 Å². The third-order valence-corrected chi connectivity index (χ3v) is 3.63. The molecule has 0 saturated carbocycles. The van der Waals surface area contributed by atoms with Gasteiger partial charge >= 0.3 is 12.6 Å². The largest absolute Gasteiger partial charge is 0.493 e. The Bertz CT molecular complexity index is 952. The number of hydrogen-bond donors (Lipinski definition) is 1. The zero-order valence-corrected chi connectivity index (χ0v) is 15.7. The van der Waals surface area contributed by atoms with Crippen LogP contribution in [0.3, 0.4) is 0 Å². The number of nitro benzene ring substituents is 1. The van der Waals surface area contributed by atoms with E-state index in [0.29, 0.717) is 0 Å². The van der Waals surface area contributed by atoms with Crippen LogP contribution in [0.2, 0.25) is 0 Å². The van der Waals surface area contributed by atoms with Crippen LogP contribution >= 0.6 is 0 Å². The topological polar surface area (TPSA) is 126 Å². The number of carbonyl (C=O) groups excluding carboxylic acids is 2. The summed E-state index contributed by atoms with van der Waals surface area (Å²) in [5, 5.41) is 13.5. The minimum absolute atomic E-state index is 0.0223. The Labute approximate surface area is 168 Å². The van der Waals surface area contributed by atoms with Gasteiger partial charge in [0.15, 0.2) is 18.1 Å². The molecule has 0 fully saturated rings. The zero-order chi connectivity index (χ0) is 22.3. The van der Waals surface area contributed by atoms with Crippen LogP contribution < -0.4 is 19.5 Å². The molecule has 1 N–H and O–H groups in total. The molecule has 2 aromatic carbocycles. The van der Waals surface area contributed by atoms with Crippen molar-refractivity contribution >= 4 is 23.3 Å². The van der Waals surface area contributed by atoms with Gasteiger partial charge in [0.2, 0.25) is 0 Å². The summed E-state index contributed by atoms with van der Waals surface area (Å²) in [5.74, 6) is -2.28. The number of hydrogen-bond acceptors (Lipinski definition) is 8. The SMILES string of the molecule is COc1cc(C(=O)OCC(=O)Nc2ccccc2OC(F)F)c([N+](=O)[O-])cc1OC. The molecule has 0 aliphatic heterocycles. The van der Waals surface area contributed by atoms with Crippen LogP contribution in [0.5, 0.6) is 17.2 Å². The van der Waals surface area contributed by atoms with Crippen LogP contribution in [0.1, 0.15) is 10.4 Å². The first-order chi connectivity index (χ1) is 14.3. The van der Waals surface area contributed by atoms with Gasteiger partial charge in [-0.1, -0.05) is 12.1 Å². The van der Waals surface area contributed by atoms with Crippen LogP contribution in [0, 0.1) is 10.1 Å². The highest BCUT2D eigenvalue weighted by Gasteiger charge is 2.26. The molecule has 2 rings (SSSR count). The number of esters is 1. The highest BCUT2D eigenvalue weighted by molar-refractivity contribution is 5.98. The molecule has 0 aliphatic carbocycles. The summed E-state index contributed by atoms with van der Waals surface area (Å²) in [6.07, 6.45) is 0. The molecule has 0 spiro atoms. The van der Waals surface area contributed by atoms with Crippen LogP contribution in [0.15, 0.2) is 36.4 Å². The van der Waals surface area contributed by atoms with Crippen molar-refractivity contribution in [3.63, 3.8) is 0 Å². The summed E-state index contributed by atoms with van der Waals surface area (Å²) in [4.78, 5) is 34.7. The van der Waals surface area contributed by atoms with Crippen LogP contribution in [0.4, 0.5) is 20.2 Å². The summed E-state index contributed by atoms with van der Waals surface area (Å²) in [7, 11) is 2.53. The molecule has 0 unspecified atom stereocenters. The van der Waals surface area contributed by atoms with Gasteiger partial charge in [0, 0.05) is 6.07 Å². The van der Waals surface area contributed by atoms with Gasteiger partial charge in [0.25, 0.3) is 11.6 Å². The normalized spacial score (nSPS) is 10.3. The summed E-state index contributed by atoms with van der Waals surface area (Å²) in [6, 6.07) is 7.42. The average molecular weight is 426 g/mol. The minimum Gasteiger partial charge on any atom is -0.493 e. The molecule has 10 nitrogen and oxygen atoms in total. The fourth-order valence-electron chi connectivity index (χ4n) is 2.35. The molecule has 30 heavy (non-hydrogen) atoms. The van der Waals surface area contributed by atoms with Crippen molar-refractivity contribution in [1.29, 1.82) is 0 Å². The molecule has 12 heteroatoms. The Morgan fingerprint density at radius 1 is 1.10 bits per heavy atom. The molecule has 160 valence electrons. The number of anilines is 1. The number of halogens is 2. The molecular formula is C18H16F2N2O8. The first-order valence-corrected chi connectivity index (χ1v) is 8.18. The monoisotopic (exact) mass is 426 g/mol. The van der Waals surface area contributed by atoms with Crippen molar-refractivity contribution in [3.8, 4) is 17.2 Å². The van der Waals surface area contributed by atoms with Crippen LogP contribution in [0.25, 0.3) is 0 Å². The molecule has 0 saturated heterocycles. The molecule has 0 atom stereocenters. The van der Waals surface area contributed by atoms with Crippen LogP contribution in [-0.2, 0) is 9.53 Å². The number of amides is 1. The number of ether oxygens (including phenoxy) is 4. The number of nitrogens with zero attached hydrogens (tertiary/aromatic N) is 1. The fraction of sp³-hybridized carbons (Fsp3) is 0.222. The van der Waals surface area contributed by atoms with Gasteiger partial charge < -0.3 is 24.3 Å². The Morgan fingerprint density at radius 2 is 1.73 bits per heavy atom. The van der Waals surface area contributed by atoms with Crippen molar-refractivity contribution in [2.75, 3.05) is 26.1 Å². The molecule has 0 heterocycles. The zero-order valence-electron chi connectivity index (χ0n) is 15.7. The van der Waals surface area contributed by atoms with E-state index in [1.54, 1.807) is 0 Å². The van der Waals surface area contributed by atoms with Gasteiger partial charge in [-0.15, -0.1) is 0 Å². The predicted octanol–water partition coefficient (Wildman–Crippen LogP) is 3.01. The lowest BCUT2D eigenvalue weighted by Crippen LogP contribution is -2.22. The highest BCUT2D eigenvalue weighted by Crippen LogP contribution is 2.34. The summed E-state index contributed by atoms with van der Waals surface area (Å²) < 4.78 is 43.9. The molecule has 2 aromatic rings. The molecule has 0 aliphatic rings. The number of alkyl halides is 2. The molecule has 0 bridgehead atoms. The van der Waals surface area contributed by atoms with Crippen molar-refractivity contribution in [2.24, 2.45) is 0 Å². The number of carbonyl (C=O) groups is 2. The third kappa shape index (κ3) is 5.53.